The molecule has 2 rings (SSSR count). The van der Waals surface area contributed by atoms with Gasteiger partial charge in [-0.1, -0.05) is 0 Å². The number of rotatable bonds is 5. The number of primary amides is 1. The fourth-order valence-corrected chi connectivity index (χ4v) is 1.79. The Bertz CT molecular complexity index is 481. The molecular formula is C11H15F3N4O. The first-order chi connectivity index (χ1) is 8.71. The molecule has 3 N–H and O–H groups in total. The van der Waals surface area contributed by atoms with Crippen molar-refractivity contribution in [3.63, 3.8) is 0 Å². The van der Waals surface area contributed by atoms with Gasteiger partial charge in [0.1, 0.15) is 5.54 Å². The SMILES string of the molecule is CC(Cn1cc(C(F)(F)F)cn1)(NC1CC1)C(N)=O. The van der Waals surface area contributed by atoms with E-state index in [0.29, 0.717) is 0 Å². The van der Waals surface area contributed by atoms with Crippen LogP contribution < -0.4 is 11.1 Å². The van der Waals surface area contributed by atoms with Crippen LogP contribution >= 0.6 is 0 Å². The van der Waals surface area contributed by atoms with Crippen LogP contribution in [0.2, 0.25) is 0 Å². The molecule has 0 aliphatic heterocycles. The largest absolute Gasteiger partial charge is 0.419 e. The summed E-state index contributed by atoms with van der Waals surface area (Å²) in [6.45, 7) is 1.54. The van der Waals surface area contributed by atoms with Crippen molar-refractivity contribution in [3.8, 4) is 0 Å². The van der Waals surface area contributed by atoms with E-state index in [1.54, 1.807) is 6.92 Å². The third-order valence-corrected chi connectivity index (χ3v) is 3.08. The van der Waals surface area contributed by atoms with E-state index in [9.17, 15) is 18.0 Å². The lowest BCUT2D eigenvalue weighted by atomic mass is 10.0. The molecule has 1 atom stereocenters. The monoisotopic (exact) mass is 276 g/mol. The second-order valence-corrected chi connectivity index (χ2v) is 5.04. The summed E-state index contributed by atoms with van der Waals surface area (Å²) < 4.78 is 38.4. The van der Waals surface area contributed by atoms with Gasteiger partial charge in [0.2, 0.25) is 5.91 Å². The second-order valence-electron chi connectivity index (χ2n) is 5.04. The maximum atomic E-state index is 12.5. The van der Waals surface area contributed by atoms with Gasteiger partial charge >= 0.3 is 6.18 Å². The fraction of sp³-hybridized carbons (Fsp3) is 0.636. The van der Waals surface area contributed by atoms with E-state index in [-0.39, 0.29) is 12.6 Å². The Morgan fingerprint density at radius 1 is 1.58 bits per heavy atom. The fourth-order valence-electron chi connectivity index (χ4n) is 1.79. The Hall–Kier alpha value is -1.57. The molecule has 0 aromatic carbocycles. The highest BCUT2D eigenvalue weighted by atomic mass is 19.4. The minimum atomic E-state index is -4.44. The van der Waals surface area contributed by atoms with Gasteiger partial charge in [0.05, 0.1) is 18.3 Å². The van der Waals surface area contributed by atoms with Crippen molar-refractivity contribution in [2.24, 2.45) is 5.73 Å². The molecule has 1 aromatic rings. The summed E-state index contributed by atoms with van der Waals surface area (Å²) in [7, 11) is 0. The van der Waals surface area contributed by atoms with Crippen molar-refractivity contribution < 1.29 is 18.0 Å². The molecule has 1 aliphatic rings. The molecular weight excluding hydrogens is 261 g/mol. The number of alkyl halides is 3. The zero-order valence-electron chi connectivity index (χ0n) is 10.4. The van der Waals surface area contributed by atoms with Crippen LogP contribution in [0, 0.1) is 0 Å². The number of carbonyl (C=O) groups is 1. The van der Waals surface area contributed by atoms with Gasteiger partial charge in [0.25, 0.3) is 0 Å². The molecule has 0 saturated heterocycles. The highest BCUT2D eigenvalue weighted by molar-refractivity contribution is 5.84. The van der Waals surface area contributed by atoms with Gasteiger partial charge in [-0.2, -0.15) is 18.3 Å². The van der Waals surface area contributed by atoms with E-state index in [1.165, 1.54) is 0 Å². The first kappa shape index (κ1) is 13.9. The third-order valence-electron chi connectivity index (χ3n) is 3.08. The number of nitrogens with one attached hydrogen (secondary N) is 1. The van der Waals surface area contributed by atoms with Gasteiger partial charge in [-0.05, 0) is 19.8 Å². The predicted molar refractivity (Wildman–Crippen MR) is 61.0 cm³/mol. The van der Waals surface area contributed by atoms with Crippen LogP contribution in [-0.2, 0) is 17.5 Å². The average Bonchev–Trinajstić information content (AvgIpc) is 2.92. The van der Waals surface area contributed by atoms with Crippen molar-refractivity contribution in [2.45, 2.75) is 44.1 Å². The zero-order valence-corrected chi connectivity index (χ0v) is 10.4. The lowest BCUT2D eigenvalue weighted by Gasteiger charge is -2.27. The summed E-state index contributed by atoms with van der Waals surface area (Å²) in [5, 5.41) is 6.67. The smallest absolute Gasteiger partial charge is 0.368 e. The van der Waals surface area contributed by atoms with Gasteiger partial charge in [-0.3, -0.25) is 14.8 Å². The van der Waals surface area contributed by atoms with Crippen LogP contribution in [0.4, 0.5) is 13.2 Å². The summed E-state index contributed by atoms with van der Waals surface area (Å²) in [5.74, 6) is -0.608. The van der Waals surface area contributed by atoms with Crippen molar-refractivity contribution >= 4 is 5.91 Å². The minimum absolute atomic E-state index is 0.0328. The standard InChI is InChI=1S/C11H15F3N4O/c1-10(9(15)19,17-8-2-3-8)6-18-5-7(4-16-18)11(12,13)14/h4-5,8,17H,2-3,6H2,1H3,(H2,15,19). The Morgan fingerprint density at radius 2 is 2.21 bits per heavy atom. The summed E-state index contributed by atoms with van der Waals surface area (Å²) >= 11 is 0. The highest BCUT2D eigenvalue weighted by Gasteiger charge is 2.38. The van der Waals surface area contributed by atoms with Gasteiger partial charge in [0.15, 0.2) is 0 Å². The number of hydrogen-bond acceptors (Lipinski definition) is 3. The van der Waals surface area contributed by atoms with E-state index in [1.807, 2.05) is 0 Å². The topological polar surface area (TPSA) is 72.9 Å². The number of amides is 1. The number of carbonyl (C=O) groups excluding carboxylic acids is 1. The maximum absolute atomic E-state index is 12.5. The van der Waals surface area contributed by atoms with Crippen LogP contribution in [0.15, 0.2) is 12.4 Å². The van der Waals surface area contributed by atoms with E-state index in [2.05, 4.69) is 10.4 Å². The third kappa shape index (κ3) is 3.25. The number of nitrogens with zero attached hydrogens (tertiary/aromatic N) is 2. The van der Waals surface area contributed by atoms with Crippen LogP contribution in [0.1, 0.15) is 25.3 Å². The van der Waals surface area contributed by atoms with E-state index in [0.717, 1.165) is 29.9 Å². The molecule has 1 unspecified atom stereocenters. The van der Waals surface area contributed by atoms with Gasteiger partial charge in [0, 0.05) is 12.2 Å². The Kier molecular flexibility index (Phi) is 3.29. The summed E-state index contributed by atoms with van der Waals surface area (Å²) in [4.78, 5) is 11.5. The van der Waals surface area contributed by atoms with E-state index < -0.39 is 23.2 Å². The van der Waals surface area contributed by atoms with Crippen molar-refractivity contribution in [1.29, 1.82) is 0 Å². The Morgan fingerprint density at radius 3 is 2.63 bits per heavy atom. The molecule has 1 heterocycles. The molecule has 8 heteroatoms. The quantitative estimate of drug-likeness (QED) is 0.839. The van der Waals surface area contributed by atoms with Gasteiger partial charge in [-0.25, -0.2) is 0 Å². The number of aromatic nitrogens is 2. The number of nitrogens with two attached hydrogens (primary N) is 1. The Balaban J connectivity index is 2.12. The summed E-state index contributed by atoms with van der Waals surface area (Å²) in [6, 6.07) is 0.204. The molecule has 106 valence electrons. The first-order valence-corrected chi connectivity index (χ1v) is 5.88. The molecule has 0 spiro atoms. The van der Waals surface area contributed by atoms with Crippen LogP contribution in [0.25, 0.3) is 0 Å². The number of halogens is 3. The first-order valence-electron chi connectivity index (χ1n) is 5.88. The highest BCUT2D eigenvalue weighted by Crippen LogP contribution is 2.29. The van der Waals surface area contributed by atoms with Crippen LogP contribution in [0.5, 0.6) is 0 Å². The Labute approximate surface area is 108 Å². The molecule has 5 nitrogen and oxygen atoms in total. The number of hydrogen-bond donors (Lipinski definition) is 2. The van der Waals surface area contributed by atoms with Crippen LogP contribution in [-0.4, -0.2) is 27.3 Å². The van der Waals surface area contributed by atoms with Crippen molar-refractivity contribution in [1.82, 2.24) is 15.1 Å². The molecule has 0 bridgehead atoms. The summed E-state index contributed by atoms with van der Waals surface area (Å²) in [5.41, 5.74) is 3.38. The molecule has 1 fully saturated rings. The predicted octanol–water partition coefficient (Wildman–Crippen LogP) is 0.898. The van der Waals surface area contributed by atoms with Crippen molar-refractivity contribution in [3.05, 3.63) is 18.0 Å². The molecule has 19 heavy (non-hydrogen) atoms. The van der Waals surface area contributed by atoms with Crippen LogP contribution in [0.3, 0.4) is 0 Å². The van der Waals surface area contributed by atoms with E-state index >= 15 is 0 Å². The normalized spacial score (nSPS) is 19.2. The maximum Gasteiger partial charge on any atom is 0.419 e. The van der Waals surface area contributed by atoms with E-state index in [4.69, 9.17) is 5.73 Å². The zero-order chi connectivity index (χ0) is 14.3. The van der Waals surface area contributed by atoms with Gasteiger partial charge in [-0.15, -0.1) is 0 Å². The molecule has 1 aromatic heterocycles. The molecule has 1 amide bonds. The molecule has 0 radical (unpaired) electrons. The lowest BCUT2D eigenvalue weighted by Crippen LogP contribution is -2.56. The minimum Gasteiger partial charge on any atom is -0.368 e. The second kappa shape index (κ2) is 4.52. The summed E-state index contributed by atoms with van der Waals surface area (Å²) in [6.07, 6.45) is -0.953. The van der Waals surface area contributed by atoms with Crippen molar-refractivity contribution in [2.75, 3.05) is 0 Å². The average molecular weight is 276 g/mol. The molecule has 1 aliphatic carbocycles. The lowest BCUT2D eigenvalue weighted by molar-refractivity contribution is -0.137. The molecule has 1 saturated carbocycles. The van der Waals surface area contributed by atoms with Gasteiger partial charge < -0.3 is 5.73 Å².